The molecule has 0 saturated heterocycles. The van der Waals surface area contributed by atoms with Crippen molar-refractivity contribution in [3.05, 3.63) is 62.1 Å². The third-order valence-electron chi connectivity index (χ3n) is 8.30. The molecule has 3 heterocycles. The molecule has 1 aliphatic heterocycles. The first-order valence-electron chi connectivity index (χ1n) is 12.9. The predicted octanol–water partition coefficient (Wildman–Crippen LogP) is 6.37. The van der Waals surface area contributed by atoms with Gasteiger partial charge in [0.25, 0.3) is 5.56 Å². The summed E-state index contributed by atoms with van der Waals surface area (Å²) >= 11 is 0. The molecular formula is C27H33FN4O3. The summed E-state index contributed by atoms with van der Waals surface area (Å²) < 4.78 is 20.6. The van der Waals surface area contributed by atoms with Gasteiger partial charge in [-0.3, -0.25) is 9.36 Å². The normalized spacial score (nSPS) is 23.6. The predicted molar refractivity (Wildman–Crippen MR) is 132 cm³/mol. The van der Waals surface area contributed by atoms with Crippen molar-refractivity contribution in [2.45, 2.75) is 90.1 Å². The van der Waals surface area contributed by atoms with Gasteiger partial charge in [0.15, 0.2) is 5.58 Å². The first-order chi connectivity index (χ1) is 17.0. The van der Waals surface area contributed by atoms with Crippen LogP contribution in [0.5, 0.6) is 0 Å². The van der Waals surface area contributed by atoms with Crippen molar-refractivity contribution in [2.24, 2.45) is 17.0 Å². The van der Waals surface area contributed by atoms with Crippen molar-refractivity contribution >= 4 is 11.0 Å². The SMILES string of the molecule is Cc1nc2n(c(=O)c1CCC(C)C1CCCC(c3noc4cc(F)ccc34)CC1)CCCC2N=O. The number of halogens is 1. The maximum Gasteiger partial charge on any atom is 0.256 e. The lowest BCUT2D eigenvalue weighted by Crippen LogP contribution is -2.33. The molecule has 35 heavy (non-hydrogen) atoms. The van der Waals surface area contributed by atoms with Crippen molar-refractivity contribution in [1.82, 2.24) is 14.7 Å². The summed E-state index contributed by atoms with van der Waals surface area (Å²) in [6.07, 6.45) is 8.57. The lowest BCUT2D eigenvalue weighted by Gasteiger charge is -2.25. The fourth-order valence-corrected chi connectivity index (χ4v) is 6.16. The molecule has 1 fully saturated rings. The molecule has 5 rings (SSSR count). The van der Waals surface area contributed by atoms with Crippen molar-refractivity contribution in [3.8, 4) is 0 Å². The Hall–Kier alpha value is -2.90. The van der Waals surface area contributed by atoms with E-state index in [2.05, 4.69) is 22.2 Å². The molecule has 1 saturated carbocycles. The molecule has 1 aromatic carbocycles. The highest BCUT2D eigenvalue weighted by Gasteiger charge is 2.29. The standard InChI is InChI=1S/C27H33FN4O3/c1-16(8-12-21-17(2)29-26-23(30-34)7-4-14-32(26)27(21)33)18-5-3-6-19(10-9-18)25-22-13-11-20(28)15-24(22)35-31-25/h11,13,15-16,18-19,23H,3-10,12,14H2,1-2H3. The topological polar surface area (TPSA) is 90.3 Å². The second kappa shape index (κ2) is 9.99. The van der Waals surface area contributed by atoms with Gasteiger partial charge in [-0.25, -0.2) is 9.37 Å². The second-order valence-corrected chi connectivity index (χ2v) is 10.4. The first-order valence-corrected chi connectivity index (χ1v) is 12.9. The van der Waals surface area contributed by atoms with Crippen molar-refractivity contribution in [1.29, 1.82) is 0 Å². The molecule has 0 bridgehead atoms. The average Bonchev–Trinajstić information content (AvgIpc) is 3.10. The highest BCUT2D eigenvalue weighted by molar-refractivity contribution is 5.79. The Bertz CT molecular complexity index is 1280. The molecule has 2 aromatic heterocycles. The Morgan fingerprint density at radius 1 is 1.20 bits per heavy atom. The van der Waals surface area contributed by atoms with E-state index in [0.717, 1.165) is 67.3 Å². The minimum absolute atomic E-state index is 0.00308. The highest BCUT2D eigenvalue weighted by atomic mass is 19.1. The molecule has 3 aromatic rings. The Balaban J connectivity index is 1.24. The van der Waals surface area contributed by atoms with Gasteiger partial charge in [-0.1, -0.05) is 30.1 Å². The molecule has 8 heteroatoms. The molecule has 0 amide bonds. The number of fused-ring (bicyclic) bond motifs is 2. The number of hydrogen-bond donors (Lipinski definition) is 0. The first kappa shape index (κ1) is 23.8. The van der Waals surface area contributed by atoms with Gasteiger partial charge in [-0.2, -0.15) is 4.91 Å². The van der Waals surface area contributed by atoms with Crippen molar-refractivity contribution in [2.75, 3.05) is 0 Å². The summed E-state index contributed by atoms with van der Waals surface area (Å²) in [6, 6.07) is 4.15. The van der Waals surface area contributed by atoms with Gasteiger partial charge in [0, 0.05) is 35.2 Å². The van der Waals surface area contributed by atoms with Crippen LogP contribution in [0.3, 0.4) is 0 Å². The fraction of sp³-hybridized carbons (Fsp3) is 0.593. The summed E-state index contributed by atoms with van der Waals surface area (Å²) in [6.45, 7) is 4.79. The third-order valence-corrected chi connectivity index (χ3v) is 8.30. The van der Waals surface area contributed by atoms with Crippen LogP contribution in [0.25, 0.3) is 11.0 Å². The largest absolute Gasteiger partial charge is 0.356 e. The van der Waals surface area contributed by atoms with Gasteiger partial charge in [0.1, 0.15) is 17.7 Å². The molecule has 7 nitrogen and oxygen atoms in total. The fourth-order valence-electron chi connectivity index (χ4n) is 6.16. The molecular weight excluding hydrogens is 447 g/mol. The molecule has 2 aliphatic rings. The van der Waals surface area contributed by atoms with Crippen LogP contribution in [0.4, 0.5) is 4.39 Å². The average molecular weight is 481 g/mol. The number of hydrogen-bond acceptors (Lipinski definition) is 6. The summed E-state index contributed by atoms with van der Waals surface area (Å²) in [5, 5.41) is 8.41. The Labute approximate surface area is 204 Å². The van der Waals surface area contributed by atoms with Crippen LogP contribution < -0.4 is 5.56 Å². The van der Waals surface area contributed by atoms with Gasteiger partial charge < -0.3 is 4.52 Å². The zero-order valence-electron chi connectivity index (χ0n) is 20.5. The van der Waals surface area contributed by atoms with Crippen LogP contribution in [-0.4, -0.2) is 14.7 Å². The van der Waals surface area contributed by atoms with Crippen LogP contribution in [0, 0.1) is 29.5 Å². The second-order valence-electron chi connectivity index (χ2n) is 10.4. The lowest BCUT2D eigenvalue weighted by molar-refractivity contribution is 0.301. The van der Waals surface area contributed by atoms with E-state index in [4.69, 9.17) is 4.52 Å². The number of aryl methyl sites for hydroxylation is 1. The van der Waals surface area contributed by atoms with E-state index >= 15 is 0 Å². The quantitative estimate of drug-likeness (QED) is 0.302. The highest BCUT2D eigenvalue weighted by Crippen LogP contribution is 2.39. The zero-order chi connectivity index (χ0) is 24.5. The number of nitroso groups, excluding NO2 is 1. The van der Waals surface area contributed by atoms with Gasteiger partial charge in [-0.05, 0) is 75.8 Å². The van der Waals surface area contributed by atoms with Gasteiger partial charge in [-0.15, -0.1) is 0 Å². The van der Waals surface area contributed by atoms with E-state index in [1.807, 2.05) is 6.92 Å². The van der Waals surface area contributed by atoms with E-state index in [-0.39, 0.29) is 11.4 Å². The van der Waals surface area contributed by atoms with Crippen LogP contribution in [0.1, 0.15) is 93.0 Å². The van der Waals surface area contributed by atoms with E-state index in [0.29, 0.717) is 48.5 Å². The molecule has 186 valence electrons. The van der Waals surface area contributed by atoms with Crippen molar-refractivity contribution in [3.63, 3.8) is 0 Å². The van der Waals surface area contributed by atoms with Gasteiger partial charge >= 0.3 is 0 Å². The molecule has 0 N–H and O–H groups in total. The Kier molecular flexibility index (Phi) is 6.80. The Morgan fingerprint density at radius 3 is 2.89 bits per heavy atom. The monoisotopic (exact) mass is 480 g/mol. The summed E-state index contributed by atoms with van der Waals surface area (Å²) in [5.41, 5.74) is 2.99. The van der Waals surface area contributed by atoms with Crippen molar-refractivity contribution < 1.29 is 8.91 Å². The summed E-state index contributed by atoms with van der Waals surface area (Å²) in [7, 11) is 0. The Morgan fingerprint density at radius 2 is 2.06 bits per heavy atom. The number of nitrogens with zero attached hydrogens (tertiary/aromatic N) is 4. The number of rotatable bonds is 6. The number of aromatic nitrogens is 3. The minimum Gasteiger partial charge on any atom is -0.356 e. The number of benzene rings is 1. The maximum atomic E-state index is 13.5. The van der Waals surface area contributed by atoms with Crippen LogP contribution >= 0.6 is 0 Å². The minimum atomic E-state index is -0.511. The van der Waals surface area contributed by atoms with Crippen LogP contribution in [0.15, 0.2) is 32.7 Å². The van der Waals surface area contributed by atoms with Gasteiger partial charge in [0.05, 0.1) is 5.69 Å². The zero-order valence-corrected chi connectivity index (χ0v) is 20.5. The maximum absolute atomic E-state index is 13.5. The third kappa shape index (κ3) is 4.67. The van der Waals surface area contributed by atoms with E-state index in [9.17, 15) is 14.1 Å². The lowest BCUT2D eigenvalue weighted by atomic mass is 9.83. The smallest absolute Gasteiger partial charge is 0.256 e. The molecule has 0 radical (unpaired) electrons. The van der Waals surface area contributed by atoms with Gasteiger partial charge in [0.2, 0.25) is 0 Å². The van der Waals surface area contributed by atoms with E-state index < -0.39 is 6.04 Å². The molecule has 0 spiro atoms. The summed E-state index contributed by atoms with van der Waals surface area (Å²) in [4.78, 5) is 29.0. The van der Waals surface area contributed by atoms with E-state index in [1.165, 1.54) is 12.1 Å². The molecule has 4 atom stereocenters. The van der Waals surface area contributed by atoms with E-state index in [1.54, 1.807) is 10.6 Å². The molecule has 4 unspecified atom stereocenters. The molecule has 1 aliphatic carbocycles. The summed E-state index contributed by atoms with van der Waals surface area (Å²) in [5.74, 6) is 1.63. The van der Waals surface area contributed by atoms with Crippen LogP contribution in [-0.2, 0) is 13.0 Å². The van der Waals surface area contributed by atoms with Crippen LogP contribution in [0.2, 0.25) is 0 Å².